The summed E-state index contributed by atoms with van der Waals surface area (Å²) in [6.07, 6.45) is 0.657. The molecule has 0 aliphatic heterocycles. The molecular formula is C19H25FN2O5. The van der Waals surface area contributed by atoms with E-state index < -0.39 is 42.8 Å². The number of hydrogen-bond donors (Lipinski definition) is 3. The Morgan fingerprint density at radius 2 is 1.81 bits per heavy atom. The van der Waals surface area contributed by atoms with E-state index in [0.29, 0.717) is 6.42 Å². The SMILES string of the molecule is CC(C)C[C@H](/C=C(\F)CNC(=O)OCc1ccccc1)C(=O)NCC(=O)O. The summed E-state index contributed by atoms with van der Waals surface area (Å²) in [5.41, 5.74) is 0.802. The third-order valence-electron chi connectivity index (χ3n) is 3.47. The Morgan fingerprint density at radius 3 is 2.41 bits per heavy atom. The highest BCUT2D eigenvalue weighted by Crippen LogP contribution is 2.16. The first-order valence-corrected chi connectivity index (χ1v) is 8.58. The Hall–Kier alpha value is -2.90. The van der Waals surface area contributed by atoms with E-state index in [-0.39, 0.29) is 12.5 Å². The highest BCUT2D eigenvalue weighted by Gasteiger charge is 2.19. The highest BCUT2D eigenvalue weighted by atomic mass is 19.1. The van der Waals surface area contributed by atoms with Crippen LogP contribution in [0, 0.1) is 11.8 Å². The van der Waals surface area contributed by atoms with Gasteiger partial charge >= 0.3 is 12.1 Å². The van der Waals surface area contributed by atoms with Crippen LogP contribution in [0.25, 0.3) is 0 Å². The molecule has 3 N–H and O–H groups in total. The van der Waals surface area contributed by atoms with Crippen molar-refractivity contribution in [3.8, 4) is 0 Å². The monoisotopic (exact) mass is 380 g/mol. The summed E-state index contributed by atoms with van der Waals surface area (Å²) in [4.78, 5) is 34.2. The zero-order valence-corrected chi connectivity index (χ0v) is 15.4. The van der Waals surface area contributed by atoms with Gasteiger partial charge in [0.25, 0.3) is 0 Å². The maximum Gasteiger partial charge on any atom is 0.407 e. The lowest BCUT2D eigenvalue weighted by atomic mass is 9.95. The molecule has 27 heavy (non-hydrogen) atoms. The van der Waals surface area contributed by atoms with Crippen LogP contribution in [0.2, 0.25) is 0 Å². The second-order valence-electron chi connectivity index (χ2n) is 6.38. The molecule has 7 nitrogen and oxygen atoms in total. The van der Waals surface area contributed by atoms with Crippen molar-refractivity contribution < 1.29 is 28.6 Å². The van der Waals surface area contributed by atoms with Crippen molar-refractivity contribution in [1.29, 1.82) is 0 Å². The van der Waals surface area contributed by atoms with E-state index in [0.717, 1.165) is 11.6 Å². The van der Waals surface area contributed by atoms with E-state index in [1.54, 1.807) is 12.1 Å². The van der Waals surface area contributed by atoms with Gasteiger partial charge in [0.2, 0.25) is 5.91 Å². The summed E-state index contributed by atoms with van der Waals surface area (Å²) in [7, 11) is 0. The first kappa shape index (κ1) is 22.1. The summed E-state index contributed by atoms with van der Waals surface area (Å²) in [6, 6.07) is 9.04. The molecule has 0 saturated heterocycles. The molecule has 1 atom stereocenters. The molecule has 1 rings (SSSR count). The number of alkyl carbamates (subject to hydrolysis) is 1. The molecule has 0 aliphatic carbocycles. The zero-order chi connectivity index (χ0) is 20.2. The van der Waals surface area contributed by atoms with E-state index >= 15 is 0 Å². The van der Waals surface area contributed by atoms with Crippen LogP contribution in [-0.2, 0) is 20.9 Å². The number of ether oxygens (including phenoxy) is 1. The minimum atomic E-state index is -1.18. The summed E-state index contributed by atoms with van der Waals surface area (Å²) in [6.45, 7) is 2.83. The van der Waals surface area contributed by atoms with Gasteiger partial charge in [-0.3, -0.25) is 9.59 Å². The lowest BCUT2D eigenvalue weighted by molar-refractivity contribution is -0.138. The number of benzene rings is 1. The van der Waals surface area contributed by atoms with Crippen LogP contribution in [0.5, 0.6) is 0 Å². The fourth-order valence-corrected chi connectivity index (χ4v) is 2.26. The van der Waals surface area contributed by atoms with Crippen LogP contribution in [0.1, 0.15) is 25.8 Å². The fourth-order valence-electron chi connectivity index (χ4n) is 2.26. The number of aliphatic carboxylic acids is 1. The van der Waals surface area contributed by atoms with Crippen molar-refractivity contribution in [1.82, 2.24) is 10.6 Å². The minimum absolute atomic E-state index is 0.0611. The molecule has 0 bridgehead atoms. The Bertz CT molecular complexity index is 661. The molecule has 2 amide bonds. The van der Waals surface area contributed by atoms with Crippen molar-refractivity contribution >= 4 is 18.0 Å². The van der Waals surface area contributed by atoms with Crippen LogP contribution in [0.4, 0.5) is 9.18 Å². The van der Waals surface area contributed by atoms with Gasteiger partial charge in [0, 0.05) is 0 Å². The number of hydrogen-bond acceptors (Lipinski definition) is 4. The summed E-state index contributed by atoms with van der Waals surface area (Å²) < 4.78 is 19.1. The largest absolute Gasteiger partial charge is 0.480 e. The van der Waals surface area contributed by atoms with Gasteiger partial charge in [-0.15, -0.1) is 0 Å². The number of amides is 2. The van der Waals surface area contributed by atoms with Gasteiger partial charge in [0.1, 0.15) is 19.0 Å². The number of nitrogens with one attached hydrogen (secondary N) is 2. The van der Waals surface area contributed by atoms with E-state index in [2.05, 4.69) is 10.6 Å². The van der Waals surface area contributed by atoms with E-state index in [1.807, 2.05) is 32.0 Å². The summed E-state index contributed by atoms with van der Waals surface area (Å²) in [5, 5.41) is 13.1. The van der Waals surface area contributed by atoms with Crippen LogP contribution in [0.3, 0.4) is 0 Å². The number of carboxylic acid groups (broad SMARTS) is 1. The van der Waals surface area contributed by atoms with Gasteiger partial charge in [0.15, 0.2) is 0 Å². The maximum atomic E-state index is 14.1. The summed E-state index contributed by atoms with van der Waals surface area (Å²) in [5.74, 6) is -3.19. The molecule has 0 saturated carbocycles. The van der Waals surface area contributed by atoms with Crippen molar-refractivity contribution in [2.75, 3.05) is 13.1 Å². The van der Waals surface area contributed by atoms with Crippen LogP contribution in [0.15, 0.2) is 42.2 Å². The van der Waals surface area contributed by atoms with Crippen molar-refractivity contribution in [3.05, 3.63) is 47.8 Å². The molecule has 0 spiro atoms. The normalized spacial score (nSPS) is 12.4. The first-order valence-electron chi connectivity index (χ1n) is 8.58. The zero-order valence-electron chi connectivity index (χ0n) is 15.4. The third kappa shape index (κ3) is 9.98. The summed E-state index contributed by atoms with van der Waals surface area (Å²) >= 11 is 0. The molecule has 0 heterocycles. The lowest BCUT2D eigenvalue weighted by Gasteiger charge is -2.15. The van der Waals surface area contributed by atoms with Crippen molar-refractivity contribution in [2.24, 2.45) is 11.8 Å². The van der Waals surface area contributed by atoms with Gasteiger partial charge in [-0.1, -0.05) is 44.2 Å². The third-order valence-corrected chi connectivity index (χ3v) is 3.47. The lowest BCUT2D eigenvalue weighted by Crippen LogP contribution is -2.35. The average Bonchev–Trinajstić information content (AvgIpc) is 2.62. The van der Waals surface area contributed by atoms with Gasteiger partial charge in [0.05, 0.1) is 12.5 Å². The number of carbonyl (C=O) groups is 3. The van der Waals surface area contributed by atoms with Gasteiger partial charge in [-0.05, 0) is 24.0 Å². The van der Waals surface area contributed by atoms with E-state index in [1.165, 1.54) is 0 Å². The maximum absolute atomic E-state index is 14.1. The molecule has 1 aromatic rings. The predicted octanol–water partition coefficient (Wildman–Crippen LogP) is 2.63. The molecule has 8 heteroatoms. The van der Waals surface area contributed by atoms with Gasteiger partial charge in [-0.2, -0.15) is 0 Å². The second-order valence-corrected chi connectivity index (χ2v) is 6.38. The first-order chi connectivity index (χ1) is 12.8. The standard InChI is InChI=1S/C19H25FN2O5/c1-13(2)8-15(18(25)21-11-17(23)24)9-16(20)10-22-19(26)27-12-14-6-4-3-5-7-14/h3-7,9,13,15H,8,10-12H2,1-2H3,(H,21,25)(H,22,26)(H,23,24)/b16-9-/t15-/m1/s1. The number of carbonyl (C=O) groups excluding carboxylic acids is 2. The molecule has 148 valence electrons. The van der Waals surface area contributed by atoms with Crippen molar-refractivity contribution in [3.63, 3.8) is 0 Å². The fraction of sp³-hybridized carbons (Fsp3) is 0.421. The van der Waals surface area contributed by atoms with Crippen molar-refractivity contribution in [2.45, 2.75) is 26.9 Å². The smallest absolute Gasteiger partial charge is 0.407 e. The second kappa shape index (κ2) is 11.7. The number of rotatable bonds is 10. The van der Waals surface area contributed by atoms with Crippen LogP contribution >= 0.6 is 0 Å². The number of carboxylic acids is 1. The molecule has 0 fully saturated rings. The highest BCUT2D eigenvalue weighted by molar-refractivity contribution is 5.84. The predicted molar refractivity (Wildman–Crippen MR) is 97.4 cm³/mol. The molecule has 0 radical (unpaired) electrons. The molecule has 1 aromatic carbocycles. The average molecular weight is 380 g/mol. The topological polar surface area (TPSA) is 105 Å². The minimum Gasteiger partial charge on any atom is -0.480 e. The number of halogens is 1. The molecular weight excluding hydrogens is 355 g/mol. The quantitative estimate of drug-likeness (QED) is 0.579. The Kier molecular flexibility index (Phi) is 9.57. The Morgan fingerprint density at radius 1 is 1.15 bits per heavy atom. The molecule has 0 unspecified atom stereocenters. The van der Waals surface area contributed by atoms with E-state index in [9.17, 15) is 18.8 Å². The Balaban J connectivity index is 2.52. The Labute approximate surface area is 157 Å². The molecule has 0 aliphatic rings. The van der Waals surface area contributed by atoms with Gasteiger partial charge in [-0.25, -0.2) is 9.18 Å². The molecule has 0 aromatic heterocycles. The van der Waals surface area contributed by atoms with Crippen LogP contribution in [-0.4, -0.2) is 36.2 Å². The van der Waals surface area contributed by atoms with Gasteiger partial charge < -0.3 is 20.5 Å². The van der Waals surface area contributed by atoms with Crippen LogP contribution < -0.4 is 10.6 Å². The van der Waals surface area contributed by atoms with E-state index in [4.69, 9.17) is 9.84 Å².